The van der Waals surface area contributed by atoms with E-state index in [2.05, 4.69) is 24.5 Å². The minimum atomic E-state index is -0.391. The number of hydrogen-bond donors (Lipinski definition) is 2. The summed E-state index contributed by atoms with van der Waals surface area (Å²) in [6.45, 7) is 7.25. The van der Waals surface area contributed by atoms with Crippen molar-refractivity contribution in [1.82, 2.24) is 10.6 Å². The smallest absolute Gasteiger partial charge is 0.272 e. The first kappa shape index (κ1) is 17.1. The Labute approximate surface area is 125 Å². The second kappa shape index (κ2) is 8.36. The largest absolute Gasteiger partial charge is 0.355 e. The van der Waals surface area contributed by atoms with Crippen LogP contribution in [0.4, 0.5) is 5.69 Å². The van der Waals surface area contributed by atoms with E-state index < -0.39 is 4.92 Å². The summed E-state index contributed by atoms with van der Waals surface area (Å²) in [5.74, 6) is 0.504. The van der Waals surface area contributed by atoms with Crippen LogP contribution < -0.4 is 10.6 Å². The van der Waals surface area contributed by atoms with E-state index in [-0.39, 0.29) is 18.1 Å². The second-order valence-electron chi connectivity index (χ2n) is 5.45. The third-order valence-electron chi connectivity index (χ3n) is 3.26. The highest BCUT2D eigenvalue weighted by Gasteiger charge is 2.12. The maximum atomic E-state index is 11.6. The van der Waals surface area contributed by atoms with Gasteiger partial charge in [-0.05, 0) is 24.8 Å². The molecule has 0 spiro atoms. The Kier molecular flexibility index (Phi) is 6.81. The fourth-order valence-corrected chi connectivity index (χ4v) is 1.93. The molecule has 0 saturated heterocycles. The van der Waals surface area contributed by atoms with Crippen LogP contribution in [0.2, 0.25) is 0 Å². The SMILES string of the molecule is Cc1c(CNCC(=O)NCCC(C)C)cccc1[N+](=O)[O-]. The van der Waals surface area contributed by atoms with Gasteiger partial charge in [0, 0.05) is 24.7 Å². The van der Waals surface area contributed by atoms with Gasteiger partial charge in [-0.15, -0.1) is 0 Å². The van der Waals surface area contributed by atoms with E-state index in [0.29, 0.717) is 24.6 Å². The molecule has 0 fully saturated rings. The summed E-state index contributed by atoms with van der Waals surface area (Å²) in [5, 5.41) is 16.7. The minimum absolute atomic E-state index is 0.0567. The van der Waals surface area contributed by atoms with Crippen LogP contribution in [0.1, 0.15) is 31.4 Å². The predicted molar refractivity (Wildman–Crippen MR) is 82.0 cm³/mol. The molecule has 6 heteroatoms. The van der Waals surface area contributed by atoms with Crippen LogP contribution in [0, 0.1) is 23.0 Å². The van der Waals surface area contributed by atoms with Crippen molar-refractivity contribution in [3.63, 3.8) is 0 Å². The quantitative estimate of drug-likeness (QED) is 0.568. The van der Waals surface area contributed by atoms with Crippen LogP contribution in [0.5, 0.6) is 0 Å². The van der Waals surface area contributed by atoms with E-state index >= 15 is 0 Å². The van der Waals surface area contributed by atoms with Gasteiger partial charge in [0.1, 0.15) is 0 Å². The van der Waals surface area contributed by atoms with Crippen LogP contribution in [-0.2, 0) is 11.3 Å². The van der Waals surface area contributed by atoms with Gasteiger partial charge in [0.05, 0.1) is 11.5 Å². The number of nitrogens with one attached hydrogen (secondary N) is 2. The van der Waals surface area contributed by atoms with E-state index in [1.165, 1.54) is 6.07 Å². The fourth-order valence-electron chi connectivity index (χ4n) is 1.93. The maximum absolute atomic E-state index is 11.6. The van der Waals surface area contributed by atoms with Crippen molar-refractivity contribution in [3.05, 3.63) is 39.4 Å². The molecule has 1 amide bonds. The van der Waals surface area contributed by atoms with E-state index in [4.69, 9.17) is 0 Å². The Balaban J connectivity index is 2.41. The molecule has 2 N–H and O–H groups in total. The van der Waals surface area contributed by atoms with Gasteiger partial charge in [-0.25, -0.2) is 0 Å². The van der Waals surface area contributed by atoms with Gasteiger partial charge in [-0.1, -0.05) is 26.0 Å². The number of nitrogens with zero attached hydrogens (tertiary/aromatic N) is 1. The lowest BCUT2D eigenvalue weighted by Gasteiger charge is -2.09. The van der Waals surface area contributed by atoms with Gasteiger partial charge in [0.15, 0.2) is 0 Å². The highest BCUT2D eigenvalue weighted by Crippen LogP contribution is 2.20. The average Bonchev–Trinajstić information content (AvgIpc) is 2.40. The van der Waals surface area contributed by atoms with Crippen molar-refractivity contribution >= 4 is 11.6 Å². The van der Waals surface area contributed by atoms with Crippen molar-refractivity contribution in [3.8, 4) is 0 Å². The molecule has 0 aliphatic carbocycles. The van der Waals surface area contributed by atoms with Gasteiger partial charge in [-0.2, -0.15) is 0 Å². The first-order valence-corrected chi connectivity index (χ1v) is 7.12. The van der Waals surface area contributed by atoms with Crippen LogP contribution in [0.15, 0.2) is 18.2 Å². The summed E-state index contributed by atoms with van der Waals surface area (Å²) in [6.07, 6.45) is 0.954. The molecule has 0 atom stereocenters. The summed E-state index contributed by atoms with van der Waals surface area (Å²) in [5.41, 5.74) is 1.57. The number of benzene rings is 1. The molecule has 1 rings (SSSR count). The molecule has 0 heterocycles. The van der Waals surface area contributed by atoms with Crippen LogP contribution >= 0.6 is 0 Å². The lowest BCUT2D eigenvalue weighted by molar-refractivity contribution is -0.385. The topological polar surface area (TPSA) is 84.3 Å². The third kappa shape index (κ3) is 5.91. The van der Waals surface area contributed by atoms with Gasteiger partial charge < -0.3 is 10.6 Å². The van der Waals surface area contributed by atoms with Gasteiger partial charge in [-0.3, -0.25) is 14.9 Å². The summed E-state index contributed by atoms with van der Waals surface area (Å²) in [6, 6.07) is 4.97. The molecule has 116 valence electrons. The van der Waals surface area contributed by atoms with Crippen LogP contribution in [0.3, 0.4) is 0 Å². The number of nitro groups is 1. The first-order chi connectivity index (χ1) is 9.91. The van der Waals surface area contributed by atoms with Crippen molar-refractivity contribution in [2.45, 2.75) is 33.7 Å². The molecular formula is C15H23N3O3. The van der Waals surface area contributed by atoms with Gasteiger partial charge in [0.2, 0.25) is 5.91 Å². The lowest BCUT2D eigenvalue weighted by Crippen LogP contribution is -2.34. The van der Waals surface area contributed by atoms with E-state index in [1.807, 2.05) is 6.07 Å². The summed E-state index contributed by atoms with van der Waals surface area (Å²) >= 11 is 0. The van der Waals surface area contributed by atoms with Crippen molar-refractivity contribution in [2.75, 3.05) is 13.1 Å². The molecule has 1 aromatic carbocycles. The number of nitro benzene ring substituents is 1. The Morgan fingerprint density at radius 1 is 1.38 bits per heavy atom. The number of carbonyl (C=O) groups is 1. The molecular weight excluding hydrogens is 270 g/mol. The highest BCUT2D eigenvalue weighted by molar-refractivity contribution is 5.77. The number of amides is 1. The predicted octanol–water partition coefficient (Wildman–Crippen LogP) is 2.16. The van der Waals surface area contributed by atoms with Crippen molar-refractivity contribution in [2.24, 2.45) is 5.92 Å². The molecule has 1 aromatic rings. The minimum Gasteiger partial charge on any atom is -0.355 e. The molecule has 0 radical (unpaired) electrons. The maximum Gasteiger partial charge on any atom is 0.272 e. The second-order valence-corrected chi connectivity index (χ2v) is 5.45. The van der Waals surface area contributed by atoms with Crippen molar-refractivity contribution in [1.29, 1.82) is 0 Å². The zero-order valence-corrected chi connectivity index (χ0v) is 12.8. The Morgan fingerprint density at radius 2 is 2.10 bits per heavy atom. The molecule has 0 bridgehead atoms. The molecule has 0 aromatic heterocycles. The summed E-state index contributed by atoms with van der Waals surface area (Å²) < 4.78 is 0. The van der Waals surface area contributed by atoms with Crippen molar-refractivity contribution < 1.29 is 9.72 Å². The average molecular weight is 293 g/mol. The highest BCUT2D eigenvalue weighted by atomic mass is 16.6. The molecule has 0 saturated carbocycles. The lowest BCUT2D eigenvalue weighted by atomic mass is 10.1. The van der Waals surface area contributed by atoms with Crippen LogP contribution in [-0.4, -0.2) is 23.9 Å². The number of hydrogen-bond acceptors (Lipinski definition) is 4. The molecule has 0 aliphatic rings. The standard InChI is InChI=1S/C15H23N3O3/c1-11(2)7-8-17-15(19)10-16-9-13-5-4-6-14(12(13)3)18(20)21/h4-6,11,16H,7-10H2,1-3H3,(H,17,19). The number of carbonyl (C=O) groups excluding carboxylic acids is 1. The normalized spacial score (nSPS) is 10.7. The Morgan fingerprint density at radius 3 is 2.71 bits per heavy atom. The molecule has 0 aliphatic heterocycles. The monoisotopic (exact) mass is 293 g/mol. The van der Waals surface area contributed by atoms with E-state index in [0.717, 1.165) is 12.0 Å². The number of rotatable bonds is 8. The molecule has 6 nitrogen and oxygen atoms in total. The summed E-state index contributed by atoms with van der Waals surface area (Å²) in [4.78, 5) is 22.1. The zero-order valence-electron chi connectivity index (χ0n) is 12.8. The van der Waals surface area contributed by atoms with Gasteiger partial charge in [0.25, 0.3) is 5.69 Å². The molecule has 0 unspecified atom stereocenters. The third-order valence-corrected chi connectivity index (χ3v) is 3.26. The Bertz CT molecular complexity index is 501. The van der Waals surface area contributed by atoms with E-state index in [9.17, 15) is 14.9 Å². The summed E-state index contributed by atoms with van der Waals surface area (Å²) in [7, 11) is 0. The first-order valence-electron chi connectivity index (χ1n) is 7.12. The zero-order chi connectivity index (χ0) is 15.8. The fraction of sp³-hybridized carbons (Fsp3) is 0.533. The molecule has 21 heavy (non-hydrogen) atoms. The van der Waals surface area contributed by atoms with E-state index in [1.54, 1.807) is 13.0 Å². The van der Waals surface area contributed by atoms with Crippen LogP contribution in [0.25, 0.3) is 0 Å². The van der Waals surface area contributed by atoms with Gasteiger partial charge >= 0.3 is 0 Å². The Hall–Kier alpha value is -1.95.